The minimum atomic E-state index is -0.262. The number of aryl methyl sites for hydroxylation is 2. The molecule has 0 saturated heterocycles. The van der Waals surface area contributed by atoms with Crippen LogP contribution in [0.15, 0.2) is 40.9 Å². The Hall–Kier alpha value is -1.83. The molecule has 0 bridgehead atoms. The van der Waals surface area contributed by atoms with Crippen molar-refractivity contribution in [2.24, 2.45) is 0 Å². The number of aromatic nitrogens is 1. The van der Waals surface area contributed by atoms with E-state index in [1.54, 1.807) is 18.2 Å². The molecule has 0 fully saturated rings. The average Bonchev–Trinajstić information content (AvgIpc) is 2.89. The molecule has 0 spiro atoms. The third-order valence-electron chi connectivity index (χ3n) is 3.36. The summed E-state index contributed by atoms with van der Waals surface area (Å²) in [6.45, 7) is 4.09. The molecule has 0 atom stereocenters. The summed E-state index contributed by atoms with van der Waals surface area (Å²) in [4.78, 5) is 16.7. The van der Waals surface area contributed by atoms with Crippen LogP contribution >= 0.6 is 39.5 Å². The smallest absolute Gasteiger partial charge is 0.257 e. The molecule has 1 aromatic heterocycles. The number of thiazole rings is 1. The lowest BCUT2D eigenvalue weighted by Gasteiger charge is -2.07. The first-order valence-corrected chi connectivity index (χ1v) is 9.20. The van der Waals surface area contributed by atoms with Gasteiger partial charge in [0.25, 0.3) is 5.91 Å². The minimum Gasteiger partial charge on any atom is -0.308 e. The number of hydrogen-bond donors (Lipinski definition) is 2. The Balaban J connectivity index is 1.73. The topological polar surface area (TPSA) is 54.0 Å². The maximum atomic E-state index is 12.2. The van der Waals surface area contributed by atoms with Gasteiger partial charge in [-0.3, -0.25) is 10.1 Å². The van der Waals surface area contributed by atoms with Crippen LogP contribution in [0.2, 0.25) is 0 Å². The highest BCUT2D eigenvalue weighted by Gasteiger charge is 2.11. The fourth-order valence-corrected chi connectivity index (χ4v) is 4.06. The third kappa shape index (κ3) is 3.80. The lowest BCUT2D eigenvalue weighted by Crippen LogP contribution is -2.34. The van der Waals surface area contributed by atoms with Gasteiger partial charge in [-0.25, -0.2) is 4.98 Å². The van der Waals surface area contributed by atoms with E-state index in [1.807, 2.05) is 13.0 Å². The lowest BCUT2D eigenvalue weighted by atomic mass is 10.1. The highest BCUT2D eigenvalue weighted by Crippen LogP contribution is 2.29. The van der Waals surface area contributed by atoms with Gasteiger partial charge in [-0.15, -0.1) is 0 Å². The van der Waals surface area contributed by atoms with Crippen LogP contribution in [0.3, 0.4) is 0 Å². The van der Waals surface area contributed by atoms with Crippen LogP contribution in [0, 0.1) is 13.8 Å². The summed E-state index contributed by atoms with van der Waals surface area (Å²) in [7, 11) is 0. The molecule has 0 unspecified atom stereocenters. The van der Waals surface area contributed by atoms with Crippen molar-refractivity contribution >= 4 is 65.9 Å². The Morgan fingerprint density at radius 1 is 1.25 bits per heavy atom. The molecule has 0 radical (unpaired) electrons. The van der Waals surface area contributed by atoms with Crippen molar-refractivity contribution in [3.05, 3.63) is 57.6 Å². The predicted octanol–water partition coefficient (Wildman–Crippen LogP) is 4.80. The quantitative estimate of drug-likeness (QED) is 0.585. The van der Waals surface area contributed by atoms with E-state index in [1.165, 1.54) is 16.9 Å². The first kappa shape index (κ1) is 17.0. The molecule has 0 aliphatic carbocycles. The average molecular weight is 420 g/mol. The number of anilines is 1. The van der Waals surface area contributed by atoms with Crippen molar-refractivity contribution in [1.29, 1.82) is 0 Å². The van der Waals surface area contributed by atoms with E-state index in [0.717, 1.165) is 20.3 Å². The van der Waals surface area contributed by atoms with E-state index in [4.69, 9.17) is 12.2 Å². The number of benzene rings is 2. The van der Waals surface area contributed by atoms with Crippen LogP contribution in [0.25, 0.3) is 10.2 Å². The summed E-state index contributed by atoms with van der Waals surface area (Å²) in [5.74, 6) is -0.262. The Kier molecular flexibility index (Phi) is 4.93. The number of nitrogens with one attached hydrogen (secondary N) is 2. The number of halogens is 1. The van der Waals surface area contributed by atoms with E-state index >= 15 is 0 Å². The van der Waals surface area contributed by atoms with Crippen molar-refractivity contribution in [3.8, 4) is 0 Å². The summed E-state index contributed by atoms with van der Waals surface area (Å²) < 4.78 is 1.93. The molecular weight excluding hydrogens is 406 g/mol. The Morgan fingerprint density at radius 3 is 2.79 bits per heavy atom. The van der Waals surface area contributed by atoms with Crippen molar-refractivity contribution < 1.29 is 4.79 Å². The molecule has 0 aliphatic heterocycles. The normalized spacial score (nSPS) is 10.6. The van der Waals surface area contributed by atoms with E-state index in [9.17, 15) is 4.79 Å². The molecule has 7 heteroatoms. The molecule has 3 rings (SSSR count). The zero-order valence-corrected chi connectivity index (χ0v) is 16.2. The van der Waals surface area contributed by atoms with Gasteiger partial charge in [-0.2, -0.15) is 0 Å². The number of carbonyl (C=O) groups is 1. The van der Waals surface area contributed by atoms with Gasteiger partial charge < -0.3 is 5.32 Å². The standard InChI is InChI=1S/C17H14BrN3OS2/c1-9-6-10(2)14-13(7-9)24-17(19-14)21-16(23)20-15(22)11-4-3-5-12(18)8-11/h3-8H,1-2H3,(H2,19,20,21,22,23). The van der Waals surface area contributed by atoms with Gasteiger partial charge in [0.05, 0.1) is 10.2 Å². The molecule has 4 nitrogen and oxygen atoms in total. The second-order valence-corrected chi connectivity index (χ2v) is 7.72. The highest BCUT2D eigenvalue weighted by molar-refractivity contribution is 9.10. The van der Waals surface area contributed by atoms with Gasteiger partial charge in [0.2, 0.25) is 0 Å². The molecule has 1 amide bonds. The van der Waals surface area contributed by atoms with E-state index < -0.39 is 0 Å². The molecular formula is C17H14BrN3OS2. The Bertz CT molecular complexity index is 952. The number of amides is 1. The van der Waals surface area contributed by atoms with Crippen molar-refractivity contribution in [1.82, 2.24) is 10.3 Å². The number of fused-ring (bicyclic) bond motifs is 1. The number of thiocarbonyl (C=S) groups is 1. The summed E-state index contributed by atoms with van der Waals surface area (Å²) in [5, 5.41) is 6.55. The van der Waals surface area contributed by atoms with Gasteiger partial charge in [0, 0.05) is 10.0 Å². The maximum Gasteiger partial charge on any atom is 0.257 e. The van der Waals surface area contributed by atoms with E-state index in [0.29, 0.717) is 10.7 Å². The zero-order chi connectivity index (χ0) is 17.3. The molecule has 24 heavy (non-hydrogen) atoms. The Morgan fingerprint density at radius 2 is 2.04 bits per heavy atom. The predicted molar refractivity (Wildman–Crippen MR) is 107 cm³/mol. The summed E-state index contributed by atoms with van der Waals surface area (Å²) in [6.07, 6.45) is 0. The number of hydrogen-bond acceptors (Lipinski definition) is 4. The minimum absolute atomic E-state index is 0.230. The van der Waals surface area contributed by atoms with Crippen molar-refractivity contribution in [2.75, 3.05) is 5.32 Å². The van der Waals surface area contributed by atoms with E-state index in [-0.39, 0.29) is 11.0 Å². The summed E-state index contributed by atoms with van der Waals surface area (Å²) in [5.41, 5.74) is 3.80. The number of carbonyl (C=O) groups excluding carboxylic acids is 1. The van der Waals surface area contributed by atoms with Gasteiger partial charge in [0.1, 0.15) is 0 Å². The van der Waals surface area contributed by atoms with Crippen LogP contribution in [0.4, 0.5) is 5.13 Å². The third-order valence-corrected chi connectivity index (χ3v) is 4.98. The van der Waals surface area contributed by atoms with Crippen LogP contribution in [0.1, 0.15) is 21.5 Å². The molecule has 2 N–H and O–H groups in total. The summed E-state index contributed by atoms with van der Waals surface area (Å²) in [6, 6.07) is 11.3. The Labute approximate surface area is 157 Å². The zero-order valence-electron chi connectivity index (χ0n) is 13.0. The van der Waals surface area contributed by atoms with Gasteiger partial charge >= 0.3 is 0 Å². The van der Waals surface area contributed by atoms with Crippen LogP contribution < -0.4 is 10.6 Å². The molecule has 3 aromatic rings. The molecule has 2 aromatic carbocycles. The van der Waals surface area contributed by atoms with Crippen molar-refractivity contribution in [3.63, 3.8) is 0 Å². The lowest BCUT2D eigenvalue weighted by molar-refractivity contribution is 0.0977. The van der Waals surface area contributed by atoms with Crippen LogP contribution in [-0.2, 0) is 0 Å². The van der Waals surface area contributed by atoms with Crippen molar-refractivity contribution in [2.45, 2.75) is 13.8 Å². The summed E-state index contributed by atoms with van der Waals surface area (Å²) >= 11 is 10.1. The fourth-order valence-electron chi connectivity index (χ4n) is 2.36. The molecule has 0 saturated carbocycles. The van der Waals surface area contributed by atoms with Crippen LogP contribution in [0.5, 0.6) is 0 Å². The van der Waals surface area contributed by atoms with Gasteiger partial charge in [-0.1, -0.05) is 39.4 Å². The maximum absolute atomic E-state index is 12.2. The van der Waals surface area contributed by atoms with Gasteiger partial charge in [0.15, 0.2) is 10.2 Å². The second kappa shape index (κ2) is 6.96. The highest BCUT2D eigenvalue weighted by atomic mass is 79.9. The fraction of sp³-hybridized carbons (Fsp3) is 0.118. The van der Waals surface area contributed by atoms with Crippen LogP contribution in [-0.4, -0.2) is 16.0 Å². The monoisotopic (exact) mass is 419 g/mol. The molecule has 122 valence electrons. The largest absolute Gasteiger partial charge is 0.308 e. The number of rotatable bonds is 2. The first-order chi connectivity index (χ1) is 11.4. The molecule has 0 aliphatic rings. The second-order valence-electron chi connectivity index (χ2n) is 5.37. The number of nitrogens with zero attached hydrogens (tertiary/aromatic N) is 1. The first-order valence-electron chi connectivity index (χ1n) is 7.18. The van der Waals surface area contributed by atoms with E-state index in [2.05, 4.69) is 50.6 Å². The SMILES string of the molecule is Cc1cc(C)c2nc(NC(=S)NC(=O)c3cccc(Br)c3)sc2c1. The molecule has 1 heterocycles. The van der Waals surface area contributed by atoms with Gasteiger partial charge in [-0.05, 0) is 61.5 Å².